The molecule has 39 heavy (non-hydrogen) atoms. The fourth-order valence-corrected chi connectivity index (χ4v) is 6.04. The van der Waals surface area contributed by atoms with E-state index in [1.165, 1.54) is 0 Å². The van der Waals surface area contributed by atoms with Crippen LogP contribution < -0.4 is 10.6 Å². The van der Waals surface area contributed by atoms with Crippen LogP contribution in [0.1, 0.15) is 23.1 Å². The highest BCUT2D eigenvalue weighted by atomic mass is 31.2. The van der Waals surface area contributed by atoms with Crippen molar-refractivity contribution in [1.82, 2.24) is 10.6 Å². The van der Waals surface area contributed by atoms with Crippen LogP contribution in [0.5, 0.6) is 0 Å². The van der Waals surface area contributed by atoms with Crippen LogP contribution in [0.25, 0.3) is 0 Å². The molecule has 0 aliphatic rings. The quantitative estimate of drug-likeness (QED) is 0.220. The Morgan fingerprint density at radius 3 is 1.85 bits per heavy atom. The number of rotatable bonds is 14. The van der Waals surface area contributed by atoms with Gasteiger partial charge in [-0.05, 0) is 23.1 Å². The molecule has 9 nitrogen and oxygen atoms in total. The SMILES string of the molecule is O=C(O)CCNC(=O)C(Cc1ccccc1)CP(=O)(O)[C@H](Cc1ccccc1)NC(=O)OCc1ccccc1. The predicted molar refractivity (Wildman–Crippen MR) is 147 cm³/mol. The maximum atomic E-state index is 13.8. The molecule has 3 atom stereocenters. The molecule has 0 bridgehead atoms. The van der Waals surface area contributed by atoms with E-state index in [9.17, 15) is 23.8 Å². The molecule has 0 radical (unpaired) electrons. The number of amides is 2. The minimum Gasteiger partial charge on any atom is -0.481 e. The number of benzene rings is 3. The monoisotopic (exact) mass is 552 g/mol. The zero-order chi connectivity index (χ0) is 28.1. The molecule has 0 heterocycles. The smallest absolute Gasteiger partial charge is 0.408 e. The lowest BCUT2D eigenvalue weighted by molar-refractivity contribution is -0.137. The maximum Gasteiger partial charge on any atom is 0.408 e. The van der Waals surface area contributed by atoms with Crippen molar-refractivity contribution < 1.29 is 33.7 Å². The van der Waals surface area contributed by atoms with Gasteiger partial charge in [0.25, 0.3) is 0 Å². The topological polar surface area (TPSA) is 142 Å². The summed E-state index contributed by atoms with van der Waals surface area (Å²) in [5, 5.41) is 14.0. The van der Waals surface area contributed by atoms with E-state index in [1.54, 1.807) is 60.7 Å². The zero-order valence-electron chi connectivity index (χ0n) is 21.4. The number of aliphatic carboxylic acids is 1. The zero-order valence-corrected chi connectivity index (χ0v) is 22.3. The highest BCUT2D eigenvalue weighted by Crippen LogP contribution is 2.48. The predicted octanol–water partition coefficient (Wildman–Crippen LogP) is 4.20. The number of carboxylic acid groups (broad SMARTS) is 1. The van der Waals surface area contributed by atoms with Crippen molar-refractivity contribution in [1.29, 1.82) is 0 Å². The standard InChI is InChI=1S/C29H33N2O7P/c32-27(33)16-17-30-28(34)25(18-22-10-4-1-5-11-22)21-39(36,37)26(19-23-12-6-2-7-13-23)31-29(35)38-20-24-14-8-3-9-15-24/h1-15,25-26H,16-21H2,(H,30,34)(H,31,35)(H,32,33)(H,36,37)/t25?,26-/m1/s1. The molecule has 3 aromatic carbocycles. The van der Waals surface area contributed by atoms with Crippen LogP contribution in [0.2, 0.25) is 0 Å². The van der Waals surface area contributed by atoms with Crippen molar-refractivity contribution in [3.63, 3.8) is 0 Å². The van der Waals surface area contributed by atoms with Gasteiger partial charge in [-0.3, -0.25) is 14.2 Å². The van der Waals surface area contributed by atoms with Crippen molar-refractivity contribution in [2.45, 2.75) is 31.7 Å². The highest BCUT2D eigenvalue weighted by Gasteiger charge is 2.37. The average Bonchev–Trinajstić information content (AvgIpc) is 2.92. The lowest BCUT2D eigenvalue weighted by Crippen LogP contribution is -2.40. The van der Waals surface area contributed by atoms with Crippen molar-refractivity contribution in [3.05, 3.63) is 108 Å². The molecule has 2 amide bonds. The summed E-state index contributed by atoms with van der Waals surface area (Å²) < 4.78 is 19.1. The molecular weight excluding hydrogens is 519 g/mol. The van der Waals surface area contributed by atoms with Crippen molar-refractivity contribution in [3.8, 4) is 0 Å². The fourth-order valence-electron chi connectivity index (χ4n) is 4.05. The number of alkyl carbamates (subject to hydrolysis) is 1. The van der Waals surface area contributed by atoms with E-state index in [2.05, 4.69) is 10.6 Å². The molecule has 0 aromatic heterocycles. The van der Waals surface area contributed by atoms with Crippen LogP contribution >= 0.6 is 7.37 Å². The molecule has 0 aliphatic carbocycles. The van der Waals surface area contributed by atoms with Gasteiger partial charge in [0, 0.05) is 19.1 Å². The first kappa shape index (κ1) is 29.6. The molecule has 0 saturated heterocycles. The van der Waals surface area contributed by atoms with Gasteiger partial charge in [-0.25, -0.2) is 4.79 Å². The molecule has 0 fully saturated rings. The Labute approximate surface area is 227 Å². The Kier molecular flexibility index (Phi) is 11.3. The minimum atomic E-state index is -4.20. The summed E-state index contributed by atoms with van der Waals surface area (Å²) in [4.78, 5) is 47.9. The molecule has 0 aliphatic heterocycles. The number of hydrogen-bond donors (Lipinski definition) is 4. The van der Waals surface area contributed by atoms with E-state index in [-0.39, 0.29) is 32.4 Å². The fraction of sp³-hybridized carbons (Fsp3) is 0.276. The summed E-state index contributed by atoms with van der Waals surface area (Å²) in [6.45, 7) is -0.115. The molecule has 206 valence electrons. The molecule has 3 rings (SSSR count). The van der Waals surface area contributed by atoms with E-state index in [0.717, 1.165) is 16.7 Å². The summed E-state index contributed by atoms with van der Waals surface area (Å²) in [6.07, 6.45) is -1.32. The van der Waals surface area contributed by atoms with Crippen LogP contribution in [-0.4, -0.2) is 46.5 Å². The van der Waals surface area contributed by atoms with Gasteiger partial charge in [0.15, 0.2) is 0 Å². The number of carbonyl (C=O) groups excluding carboxylic acids is 2. The summed E-state index contributed by atoms with van der Waals surface area (Å²) in [6, 6.07) is 27.0. The molecular formula is C29H33N2O7P. The van der Waals surface area contributed by atoms with E-state index >= 15 is 0 Å². The Balaban J connectivity index is 1.78. The average molecular weight is 553 g/mol. The molecule has 4 N–H and O–H groups in total. The van der Waals surface area contributed by atoms with Crippen LogP contribution in [0.4, 0.5) is 4.79 Å². The van der Waals surface area contributed by atoms with Gasteiger partial charge in [-0.2, -0.15) is 0 Å². The van der Waals surface area contributed by atoms with E-state index in [1.807, 2.05) is 30.3 Å². The Morgan fingerprint density at radius 1 is 0.795 bits per heavy atom. The molecule has 2 unspecified atom stereocenters. The third kappa shape index (κ3) is 10.4. The van der Waals surface area contributed by atoms with E-state index in [4.69, 9.17) is 9.84 Å². The maximum absolute atomic E-state index is 13.8. The van der Waals surface area contributed by atoms with Gasteiger partial charge in [-0.1, -0.05) is 91.0 Å². The molecule has 0 spiro atoms. The van der Waals surface area contributed by atoms with Crippen LogP contribution in [0.3, 0.4) is 0 Å². The number of carbonyl (C=O) groups is 3. The Hall–Kier alpha value is -3.94. The summed E-state index contributed by atoms with van der Waals surface area (Å²) in [7, 11) is -4.20. The van der Waals surface area contributed by atoms with Crippen molar-refractivity contribution in [2.24, 2.45) is 5.92 Å². The molecule has 10 heteroatoms. The molecule has 3 aromatic rings. The van der Waals surface area contributed by atoms with Gasteiger partial charge in [0.1, 0.15) is 12.4 Å². The van der Waals surface area contributed by atoms with E-state index < -0.39 is 43.2 Å². The van der Waals surface area contributed by atoms with Gasteiger partial charge in [0.05, 0.1) is 12.3 Å². The summed E-state index contributed by atoms with van der Waals surface area (Å²) in [5.41, 5.74) is 2.27. The van der Waals surface area contributed by atoms with Gasteiger partial charge in [0.2, 0.25) is 13.3 Å². The second kappa shape index (κ2) is 14.9. The number of ether oxygens (including phenoxy) is 1. The van der Waals surface area contributed by atoms with Crippen LogP contribution in [-0.2, 0) is 38.3 Å². The first-order valence-corrected chi connectivity index (χ1v) is 14.5. The van der Waals surface area contributed by atoms with Crippen LogP contribution in [0, 0.1) is 5.92 Å². The van der Waals surface area contributed by atoms with Gasteiger partial charge in [-0.15, -0.1) is 0 Å². The second-order valence-electron chi connectivity index (χ2n) is 9.17. The van der Waals surface area contributed by atoms with E-state index in [0.29, 0.717) is 0 Å². The first-order chi connectivity index (χ1) is 18.7. The third-order valence-corrected chi connectivity index (χ3v) is 8.32. The second-order valence-corrected chi connectivity index (χ2v) is 11.7. The Morgan fingerprint density at radius 2 is 1.31 bits per heavy atom. The van der Waals surface area contributed by atoms with Crippen molar-refractivity contribution >= 4 is 25.3 Å². The highest BCUT2D eigenvalue weighted by molar-refractivity contribution is 7.58. The van der Waals surface area contributed by atoms with Gasteiger partial charge < -0.3 is 25.4 Å². The summed E-state index contributed by atoms with van der Waals surface area (Å²) >= 11 is 0. The lowest BCUT2D eigenvalue weighted by atomic mass is 10.0. The Bertz CT molecular complexity index is 1260. The minimum absolute atomic E-state index is 0.0108. The molecule has 0 saturated carbocycles. The lowest BCUT2D eigenvalue weighted by Gasteiger charge is -2.27. The largest absolute Gasteiger partial charge is 0.481 e. The van der Waals surface area contributed by atoms with Crippen LogP contribution in [0.15, 0.2) is 91.0 Å². The van der Waals surface area contributed by atoms with Gasteiger partial charge >= 0.3 is 12.1 Å². The summed E-state index contributed by atoms with van der Waals surface area (Å²) in [5.74, 6) is -3.74. The number of nitrogens with one attached hydrogen (secondary N) is 2. The first-order valence-electron chi connectivity index (χ1n) is 12.6. The number of hydrogen-bond acceptors (Lipinski definition) is 5. The third-order valence-electron chi connectivity index (χ3n) is 6.07. The van der Waals surface area contributed by atoms with Crippen molar-refractivity contribution in [2.75, 3.05) is 12.7 Å². The normalized spacial score (nSPS) is 13.9. The number of carboxylic acids is 1.